The Labute approximate surface area is 104 Å². The minimum absolute atomic E-state index is 0.0364. The molecule has 96 valence electrons. The van der Waals surface area contributed by atoms with E-state index in [1.165, 1.54) is 26.0 Å². The highest BCUT2D eigenvalue weighted by Crippen LogP contribution is 2.33. The number of phenolic OH excluding ortho intramolecular Hbond substituents is 1. The largest absolute Gasteiger partial charge is 0.507 e. The van der Waals surface area contributed by atoms with E-state index in [1.807, 2.05) is 0 Å². The van der Waals surface area contributed by atoms with Crippen LogP contribution >= 0.6 is 0 Å². The Morgan fingerprint density at radius 1 is 1.44 bits per heavy atom. The molecule has 1 aliphatic rings. The molecule has 0 aliphatic heterocycles. The lowest BCUT2D eigenvalue weighted by molar-refractivity contribution is -0.0428. The fourth-order valence-electron chi connectivity index (χ4n) is 2.12. The van der Waals surface area contributed by atoms with Gasteiger partial charge in [0.15, 0.2) is 17.2 Å². The van der Waals surface area contributed by atoms with Crippen LogP contribution in [0.3, 0.4) is 0 Å². The molecule has 0 saturated heterocycles. The van der Waals surface area contributed by atoms with E-state index in [4.69, 9.17) is 0 Å². The molecule has 2 rings (SSSR count). The van der Waals surface area contributed by atoms with E-state index in [2.05, 4.69) is 0 Å². The fourth-order valence-corrected chi connectivity index (χ4v) is 2.12. The van der Waals surface area contributed by atoms with Crippen LogP contribution in [-0.4, -0.2) is 38.6 Å². The van der Waals surface area contributed by atoms with E-state index in [0.717, 1.165) is 0 Å². The quantitative estimate of drug-likeness (QED) is 0.629. The molecule has 0 fully saturated rings. The second-order valence-corrected chi connectivity index (χ2v) is 4.78. The van der Waals surface area contributed by atoms with Crippen molar-refractivity contribution in [3.8, 4) is 5.75 Å². The van der Waals surface area contributed by atoms with Gasteiger partial charge in [-0.3, -0.25) is 9.59 Å². The standard InChI is InChI=1S/C13H14O5/c1-6(14)8-5-9-7(3-10(8)15)4-11(16)13(2,18)12(9)17/h3,5,11,15-16,18H,4H2,1-2H3. The second-order valence-electron chi connectivity index (χ2n) is 4.78. The number of hydrogen-bond acceptors (Lipinski definition) is 5. The number of ketones is 2. The third kappa shape index (κ3) is 1.72. The molecule has 0 saturated carbocycles. The number of benzene rings is 1. The van der Waals surface area contributed by atoms with Crippen LogP contribution in [0.15, 0.2) is 12.1 Å². The SMILES string of the molecule is CC(=O)c1cc2c(cc1O)CC(O)C(C)(O)C2=O. The van der Waals surface area contributed by atoms with E-state index < -0.39 is 17.5 Å². The Morgan fingerprint density at radius 3 is 2.61 bits per heavy atom. The lowest BCUT2D eigenvalue weighted by Crippen LogP contribution is -2.51. The number of hydrogen-bond donors (Lipinski definition) is 3. The molecule has 0 radical (unpaired) electrons. The van der Waals surface area contributed by atoms with Crippen molar-refractivity contribution in [3.63, 3.8) is 0 Å². The van der Waals surface area contributed by atoms with Crippen LogP contribution in [0.1, 0.15) is 40.1 Å². The number of rotatable bonds is 1. The molecule has 2 unspecified atom stereocenters. The number of aromatic hydroxyl groups is 1. The number of carbonyl (C=O) groups is 2. The molecule has 0 heterocycles. The van der Waals surface area contributed by atoms with Crippen molar-refractivity contribution in [3.05, 3.63) is 28.8 Å². The van der Waals surface area contributed by atoms with Gasteiger partial charge in [-0.15, -0.1) is 0 Å². The molecule has 5 heteroatoms. The van der Waals surface area contributed by atoms with Crippen LogP contribution < -0.4 is 0 Å². The molecular weight excluding hydrogens is 236 g/mol. The van der Waals surface area contributed by atoms with E-state index in [9.17, 15) is 24.9 Å². The molecule has 0 aromatic heterocycles. The zero-order valence-corrected chi connectivity index (χ0v) is 10.1. The van der Waals surface area contributed by atoms with Gasteiger partial charge in [0.1, 0.15) is 5.75 Å². The molecule has 0 bridgehead atoms. The third-order valence-corrected chi connectivity index (χ3v) is 3.37. The second kappa shape index (κ2) is 3.90. The number of aliphatic hydroxyl groups is 2. The van der Waals surface area contributed by atoms with Crippen molar-refractivity contribution in [1.29, 1.82) is 0 Å². The third-order valence-electron chi connectivity index (χ3n) is 3.37. The van der Waals surface area contributed by atoms with Crippen molar-refractivity contribution in [2.45, 2.75) is 32.0 Å². The van der Waals surface area contributed by atoms with Crippen molar-refractivity contribution in [2.24, 2.45) is 0 Å². The summed E-state index contributed by atoms with van der Waals surface area (Å²) in [6.07, 6.45) is -1.17. The maximum atomic E-state index is 12.0. The van der Waals surface area contributed by atoms with Gasteiger partial charge in [0.25, 0.3) is 0 Å². The lowest BCUT2D eigenvalue weighted by Gasteiger charge is -2.33. The van der Waals surface area contributed by atoms with Crippen LogP contribution in [0.25, 0.3) is 0 Å². The number of phenols is 1. The highest BCUT2D eigenvalue weighted by molar-refractivity contribution is 6.07. The molecule has 1 aromatic carbocycles. The summed E-state index contributed by atoms with van der Waals surface area (Å²) in [6.45, 7) is 2.52. The van der Waals surface area contributed by atoms with Crippen molar-refractivity contribution in [1.82, 2.24) is 0 Å². The van der Waals surface area contributed by atoms with E-state index in [-0.39, 0.29) is 29.1 Å². The minimum Gasteiger partial charge on any atom is -0.507 e. The van der Waals surface area contributed by atoms with Gasteiger partial charge in [-0.05, 0) is 31.5 Å². The van der Waals surface area contributed by atoms with Gasteiger partial charge in [-0.2, -0.15) is 0 Å². The maximum absolute atomic E-state index is 12.0. The molecule has 1 aromatic rings. The fraction of sp³-hybridized carbons (Fsp3) is 0.385. The Hall–Kier alpha value is -1.72. The Morgan fingerprint density at radius 2 is 2.06 bits per heavy atom. The summed E-state index contributed by atoms with van der Waals surface area (Å²) in [4.78, 5) is 23.3. The van der Waals surface area contributed by atoms with E-state index in [1.54, 1.807) is 0 Å². The topological polar surface area (TPSA) is 94.8 Å². The normalized spacial score (nSPS) is 26.9. The summed E-state index contributed by atoms with van der Waals surface area (Å²) in [7, 11) is 0. The molecule has 0 spiro atoms. The summed E-state index contributed by atoms with van der Waals surface area (Å²) in [6, 6.07) is 2.57. The van der Waals surface area contributed by atoms with Crippen LogP contribution in [0.2, 0.25) is 0 Å². The Kier molecular flexibility index (Phi) is 2.76. The zero-order chi connectivity index (χ0) is 13.7. The Balaban J connectivity index is 2.63. The summed E-state index contributed by atoms with van der Waals surface area (Å²) >= 11 is 0. The van der Waals surface area contributed by atoms with Gasteiger partial charge in [0.2, 0.25) is 0 Å². The van der Waals surface area contributed by atoms with Gasteiger partial charge in [-0.1, -0.05) is 0 Å². The summed E-state index contributed by atoms with van der Waals surface area (Å²) in [5.41, 5.74) is -1.22. The van der Waals surface area contributed by atoms with Crippen LogP contribution in [0, 0.1) is 0 Å². The number of fused-ring (bicyclic) bond motifs is 1. The maximum Gasteiger partial charge on any atom is 0.197 e. The summed E-state index contributed by atoms with van der Waals surface area (Å²) in [5.74, 6) is -1.23. The first kappa shape index (κ1) is 12.7. The first-order valence-corrected chi connectivity index (χ1v) is 5.57. The molecular formula is C13H14O5. The van der Waals surface area contributed by atoms with Crippen LogP contribution in [0.4, 0.5) is 0 Å². The molecule has 3 N–H and O–H groups in total. The van der Waals surface area contributed by atoms with Gasteiger partial charge in [0.05, 0.1) is 11.7 Å². The number of aliphatic hydroxyl groups excluding tert-OH is 1. The minimum atomic E-state index is -1.86. The molecule has 1 aliphatic carbocycles. The average molecular weight is 250 g/mol. The van der Waals surface area contributed by atoms with E-state index >= 15 is 0 Å². The highest BCUT2D eigenvalue weighted by Gasteiger charge is 2.44. The summed E-state index contributed by atoms with van der Waals surface area (Å²) in [5, 5.41) is 29.3. The molecule has 0 amide bonds. The highest BCUT2D eigenvalue weighted by atomic mass is 16.3. The first-order valence-electron chi connectivity index (χ1n) is 5.57. The van der Waals surface area contributed by atoms with Gasteiger partial charge in [0, 0.05) is 12.0 Å². The molecule has 5 nitrogen and oxygen atoms in total. The van der Waals surface area contributed by atoms with Crippen molar-refractivity contribution < 1.29 is 24.9 Å². The molecule has 18 heavy (non-hydrogen) atoms. The van der Waals surface area contributed by atoms with Crippen molar-refractivity contribution >= 4 is 11.6 Å². The monoisotopic (exact) mass is 250 g/mol. The van der Waals surface area contributed by atoms with Gasteiger partial charge < -0.3 is 15.3 Å². The van der Waals surface area contributed by atoms with Crippen LogP contribution in [-0.2, 0) is 6.42 Å². The average Bonchev–Trinajstić information content (AvgIpc) is 2.26. The number of carbonyl (C=O) groups excluding carboxylic acids is 2. The van der Waals surface area contributed by atoms with E-state index in [0.29, 0.717) is 5.56 Å². The zero-order valence-electron chi connectivity index (χ0n) is 10.1. The van der Waals surface area contributed by atoms with Gasteiger partial charge in [-0.25, -0.2) is 0 Å². The Bertz CT molecular complexity index is 545. The van der Waals surface area contributed by atoms with Crippen LogP contribution in [0.5, 0.6) is 5.75 Å². The smallest absolute Gasteiger partial charge is 0.197 e. The summed E-state index contributed by atoms with van der Waals surface area (Å²) < 4.78 is 0. The predicted octanol–water partition coefficient (Wildman–Crippen LogP) is 0.445. The van der Waals surface area contributed by atoms with Gasteiger partial charge >= 0.3 is 0 Å². The molecule has 2 atom stereocenters. The predicted molar refractivity (Wildman–Crippen MR) is 62.8 cm³/mol. The number of Topliss-reactive ketones (excluding diaryl/α,β-unsaturated/α-hetero) is 2. The van der Waals surface area contributed by atoms with Crippen molar-refractivity contribution in [2.75, 3.05) is 0 Å². The lowest BCUT2D eigenvalue weighted by atomic mass is 9.77. The first-order chi connectivity index (χ1) is 8.25.